The molecule has 17 heavy (non-hydrogen) atoms. The highest BCUT2D eigenvalue weighted by molar-refractivity contribution is 6.32. The van der Waals surface area contributed by atoms with E-state index >= 15 is 0 Å². The lowest BCUT2D eigenvalue weighted by molar-refractivity contribution is -0.110. The van der Waals surface area contributed by atoms with E-state index in [1.165, 1.54) is 20.1 Å². The van der Waals surface area contributed by atoms with Crippen LogP contribution in [0.15, 0.2) is 23.4 Å². The summed E-state index contributed by atoms with van der Waals surface area (Å²) in [7, 11) is 1.48. The maximum atomic E-state index is 11.3. The van der Waals surface area contributed by atoms with Crippen molar-refractivity contribution in [1.82, 2.24) is 0 Å². The average molecular weight is 236 g/mol. The Morgan fingerprint density at radius 3 is 2.71 bits per heavy atom. The van der Waals surface area contributed by atoms with Crippen molar-refractivity contribution in [2.45, 2.75) is 6.92 Å². The van der Waals surface area contributed by atoms with E-state index in [1.54, 1.807) is 12.1 Å². The summed E-state index contributed by atoms with van der Waals surface area (Å²) < 4.78 is 4.99. The number of anilines is 1. The van der Waals surface area contributed by atoms with Gasteiger partial charge in [0.25, 0.3) is 5.91 Å². The van der Waals surface area contributed by atoms with Gasteiger partial charge in [-0.25, -0.2) is 0 Å². The molecule has 0 radical (unpaired) electrons. The smallest absolute Gasteiger partial charge is 0.270 e. The minimum absolute atomic E-state index is 0.191. The van der Waals surface area contributed by atoms with Gasteiger partial charge in [0, 0.05) is 11.6 Å². The first kappa shape index (κ1) is 12.7. The molecule has 2 N–H and O–H groups in total. The van der Waals surface area contributed by atoms with Gasteiger partial charge in [-0.05, 0) is 19.1 Å². The Hall–Kier alpha value is -2.37. The number of carbonyl (C=O) groups excluding carboxylic acids is 2. The predicted octanol–water partition coefficient (Wildman–Crippen LogP) is 1.30. The molecule has 6 nitrogen and oxygen atoms in total. The van der Waals surface area contributed by atoms with Crippen molar-refractivity contribution in [1.29, 1.82) is 0 Å². The topological polar surface area (TPSA) is 88.0 Å². The molecular weight excluding hydrogens is 224 g/mol. The molecule has 0 aromatic heterocycles. The van der Waals surface area contributed by atoms with Crippen LogP contribution in [-0.4, -0.2) is 30.2 Å². The van der Waals surface area contributed by atoms with E-state index in [9.17, 15) is 9.59 Å². The Balaban J connectivity index is 3.09. The van der Waals surface area contributed by atoms with E-state index in [-0.39, 0.29) is 5.78 Å². The summed E-state index contributed by atoms with van der Waals surface area (Å²) in [6, 6.07) is 4.68. The van der Waals surface area contributed by atoms with Crippen molar-refractivity contribution >= 4 is 23.6 Å². The molecule has 90 valence electrons. The lowest BCUT2D eigenvalue weighted by Crippen LogP contribution is -2.15. The second-order valence-electron chi connectivity index (χ2n) is 3.20. The van der Waals surface area contributed by atoms with Gasteiger partial charge in [0.15, 0.2) is 5.78 Å². The normalized spacial score (nSPS) is 10.2. The van der Waals surface area contributed by atoms with E-state index in [0.717, 1.165) is 0 Å². The van der Waals surface area contributed by atoms with Gasteiger partial charge in [0.1, 0.15) is 12.0 Å². The highest BCUT2D eigenvalue weighted by Gasteiger charge is 2.10. The van der Waals surface area contributed by atoms with Crippen LogP contribution in [0.4, 0.5) is 5.69 Å². The van der Waals surface area contributed by atoms with Gasteiger partial charge in [0.2, 0.25) is 0 Å². The summed E-state index contributed by atoms with van der Waals surface area (Å²) in [4.78, 5) is 22.5. The molecule has 0 bridgehead atoms. The third kappa shape index (κ3) is 3.30. The molecule has 1 amide bonds. The highest BCUT2D eigenvalue weighted by Crippen LogP contribution is 2.22. The van der Waals surface area contributed by atoms with Gasteiger partial charge in [-0.15, -0.1) is 0 Å². The second kappa shape index (κ2) is 5.64. The third-order valence-corrected chi connectivity index (χ3v) is 2.04. The fraction of sp³-hybridized carbons (Fsp3) is 0.182. The molecule has 0 spiro atoms. The number of oxime groups is 1. The fourth-order valence-corrected chi connectivity index (χ4v) is 1.28. The summed E-state index contributed by atoms with van der Waals surface area (Å²) >= 11 is 0. The average Bonchev–Trinajstić information content (AvgIpc) is 2.28. The third-order valence-electron chi connectivity index (χ3n) is 2.04. The zero-order valence-corrected chi connectivity index (χ0v) is 9.43. The minimum Gasteiger partial charge on any atom is -0.497 e. The van der Waals surface area contributed by atoms with Gasteiger partial charge in [-0.2, -0.15) is 0 Å². The van der Waals surface area contributed by atoms with E-state index in [4.69, 9.17) is 9.94 Å². The lowest BCUT2D eigenvalue weighted by Gasteiger charge is -2.09. The molecule has 1 aromatic carbocycles. The fourth-order valence-electron chi connectivity index (χ4n) is 1.28. The Bertz CT molecular complexity index is 469. The number of ether oxygens (including phenoxy) is 1. The van der Waals surface area contributed by atoms with Crippen LogP contribution >= 0.6 is 0 Å². The number of hydrogen-bond donors (Lipinski definition) is 2. The summed E-state index contributed by atoms with van der Waals surface area (Å²) in [5.74, 6) is -0.321. The molecule has 0 aliphatic rings. The monoisotopic (exact) mass is 236 g/mol. The number of ketones is 1. The number of Topliss-reactive ketones (excluding diaryl/α,β-unsaturated/α-hetero) is 1. The number of nitrogens with zero attached hydrogens (tertiary/aromatic N) is 1. The Morgan fingerprint density at radius 1 is 1.47 bits per heavy atom. The maximum absolute atomic E-state index is 11.3. The summed E-state index contributed by atoms with van der Waals surface area (Å²) in [6.07, 6.45) is 0.698. The molecule has 1 rings (SSSR count). The van der Waals surface area contributed by atoms with Crippen LogP contribution in [0, 0.1) is 0 Å². The number of amides is 1. The molecule has 0 aliphatic heterocycles. The number of carbonyl (C=O) groups is 2. The number of benzene rings is 1. The van der Waals surface area contributed by atoms with Crippen molar-refractivity contribution in [3.8, 4) is 5.75 Å². The first-order valence-corrected chi connectivity index (χ1v) is 4.76. The van der Waals surface area contributed by atoms with Crippen LogP contribution in [0.1, 0.15) is 17.3 Å². The Morgan fingerprint density at radius 2 is 2.18 bits per heavy atom. The van der Waals surface area contributed by atoms with Crippen LogP contribution < -0.4 is 10.1 Å². The van der Waals surface area contributed by atoms with E-state index in [1.807, 2.05) is 0 Å². The molecular formula is C11H12N2O4. The van der Waals surface area contributed by atoms with Gasteiger partial charge in [-0.3, -0.25) is 9.59 Å². The van der Waals surface area contributed by atoms with Crippen molar-refractivity contribution in [3.63, 3.8) is 0 Å². The highest BCUT2D eigenvalue weighted by atomic mass is 16.5. The van der Waals surface area contributed by atoms with Crippen LogP contribution in [0.5, 0.6) is 5.75 Å². The van der Waals surface area contributed by atoms with Gasteiger partial charge in [-0.1, -0.05) is 5.16 Å². The molecule has 0 saturated carbocycles. The van der Waals surface area contributed by atoms with Crippen LogP contribution in [-0.2, 0) is 4.79 Å². The van der Waals surface area contributed by atoms with Gasteiger partial charge < -0.3 is 15.3 Å². The SMILES string of the molecule is COc1ccc(C(C)=O)c(NC(=O)C=NO)c1. The molecule has 0 aliphatic carbocycles. The van der Waals surface area contributed by atoms with Crippen molar-refractivity contribution in [2.75, 3.05) is 12.4 Å². The molecule has 0 fully saturated rings. The zero-order valence-electron chi connectivity index (χ0n) is 9.43. The van der Waals surface area contributed by atoms with Crippen LogP contribution in [0.25, 0.3) is 0 Å². The van der Waals surface area contributed by atoms with Crippen molar-refractivity contribution < 1.29 is 19.5 Å². The maximum Gasteiger partial charge on any atom is 0.270 e. The lowest BCUT2D eigenvalue weighted by atomic mass is 10.1. The molecule has 6 heteroatoms. The molecule has 0 heterocycles. The molecule has 0 atom stereocenters. The second-order valence-corrected chi connectivity index (χ2v) is 3.20. The number of hydrogen-bond acceptors (Lipinski definition) is 5. The van der Waals surface area contributed by atoms with E-state index < -0.39 is 5.91 Å². The van der Waals surface area contributed by atoms with Gasteiger partial charge >= 0.3 is 0 Å². The largest absolute Gasteiger partial charge is 0.497 e. The van der Waals surface area contributed by atoms with Crippen molar-refractivity contribution in [2.24, 2.45) is 5.16 Å². The Kier molecular flexibility index (Phi) is 4.21. The molecule has 0 saturated heterocycles. The first-order valence-electron chi connectivity index (χ1n) is 4.76. The molecule has 1 aromatic rings. The molecule has 0 unspecified atom stereocenters. The van der Waals surface area contributed by atoms with Crippen molar-refractivity contribution in [3.05, 3.63) is 23.8 Å². The number of methoxy groups -OCH3 is 1. The predicted molar refractivity (Wildman–Crippen MR) is 61.9 cm³/mol. The quantitative estimate of drug-likeness (QED) is 0.357. The Labute approximate surface area is 97.9 Å². The zero-order chi connectivity index (χ0) is 12.8. The van der Waals surface area contributed by atoms with Gasteiger partial charge in [0.05, 0.1) is 12.8 Å². The number of rotatable bonds is 4. The first-order chi connectivity index (χ1) is 8.08. The number of nitrogens with one attached hydrogen (secondary N) is 1. The van der Waals surface area contributed by atoms with E-state index in [2.05, 4.69) is 10.5 Å². The van der Waals surface area contributed by atoms with Crippen LogP contribution in [0.2, 0.25) is 0 Å². The summed E-state index contributed by atoms with van der Waals surface area (Å²) in [5, 5.41) is 13.2. The van der Waals surface area contributed by atoms with Crippen LogP contribution in [0.3, 0.4) is 0 Å². The van der Waals surface area contributed by atoms with E-state index in [0.29, 0.717) is 23.2 Å². The summed E-state index contributed by atoms with van der Waals surface area (Å²) in [6.45, 7) is 1.39. The summed E-state index contributed by atoms with van der Waals surface area (Å²) in [5.41, 5.74) is 0.659. The standard InChI is InChI=1S/C11H12N2O4/c1-7(14)9-4-3-8(17-2)5-10(9)13-11(15)6-12-16/h3-6,16H,1-2H3,(H,13,15). The minimum atomic E-state index is -0.636.